The largest absolute Gasteiger partial charge is 0.480 e. The summed E-state index contributed by atoms with van der Waals surface area (Å²) in [4.78, 5) is 33.2. The van der Waals surface area contributed by atoms with Gasteiger partial charge in [-0.3, -0.25) is 14.4 Å². The first kappa shape index (κ1) is 15.0. The fraction of sp³-hybridized carbons (Fsp3) is 0.364. The molecule has 0 radical (unpaired) electrons. The van der Waals surface area contributed by atoms with E-state index < -0.39 is 24.3 Å². The minimum Gasteiger partial charge on any atom is -0.480 e. The summed E-state index contributed by atoms with van der Waals surface area (Å²) in [5, 5.41) is 13.3. The number of hydrogen-bond donors (Lipinski definition) is 3. The van der Waals surface area contributed by atoms with Crippen molar-refractivity contribution in [2.24, 2.45) is 0 Å². The number of aliphatic carboxylic acids is 1. The molecule has 0 aliphatic rings. The molecule has 0 saturated heterocycles. The summed E-state index contributed by atoms with van der Waals surface area (Å²) in [5.41, 5.74) is 0.346. The van der Waals surface area contributed by atoms with Crippen LogP contribution in [0.5, 0.6) is 0 Å². The summed E-state index contributed by atoms with van der Waals surface area (Å²) >= 11 is 5.79. The summed E-state index contributed by atoms with van der Waals surface area (Å²) in [6.45, 7) is 1.65. The molecule has 0 spiro atoms. The molecule has 0 saturated carbocycles. The average molecular weight is 288 g/mol. The Hall–Kier alpha value is -2.02. The van der Waals surface area contributed by atoms with Crippen LogP contribution in [0.4, 0.5) is 0 Å². The number of nitrogens with one attached hydrogen (secondary N) is 2. The van der Waals surface area contributed by atoms with Gasteiger partial charge in [0.2, 0.25) is 5.91 Å². The van der Waals surface area contributed by atoms with Crippen LogP contribution in [0, 0.1) is 0 Å². The number of carboxylic acid groups (broad SMARTS) is 1. The van der Waals surface area contributed by atoms with Crippen LogP contribution in [0.3, 0.4) is 0 Å². The summed E-state index contributed by atoms with van der Waals surface area (Å²) in [5.74, 6) is -2.16. The molecule has 0 aromatic carbocycles. The molecule has 0 unspecified atom stereocenters. The van der Waals surface area contributed by atoms with Crippen molar-refractivity contribution in [3.8, 4) is 0 Å². The maximum atomic E-state index is 11.8. The van der Waals surface area contributed by atoms with E-state index in [0.29, 0.717) is 17.3 Å². The molecule has 0 fully saturated rings. The minimum atomic E-state index is -1.15. The van der Waals surface area contributed by atoms with Crippen LogP contribution in [0.2, 0.25) is 5.02 Å². The summed E-state index contributed by atoms with van der Waals surface area (Å²) in [6.07, 6.45) is 1.61. The highest BCUT2D eigenvalue weighted by molar-refractivity contribution is 6.31. The average Bonchev–Trinajstić information content (AvgIpc) is 2.74. The van der Waals surface area contributed by atoms with E-state index in [2.05, 4.69) is 10.6 Å². The van der Waals surface area contributed by atoms with Crippen molar-refractivity contribution in [2.45, 2.75) is 13.5 Å². The molecule has 1 aromatic rings. The Morgan fingerprint density at radius 3 is 2.58 bits per heavy atom. The number of aryl methyl sites for hydroxylation is 1. The van der Waals surface area contributed by atoms with E-state index in [1.54, 1.807) is 10.8 Å². The molecule has 1 heterocycles. The number of carbonyl (C=O) groups is 3. The van der Waals surface area contributed by atoms with E-state index in [1.807, 2.05) is 6.92 Å². The monoisotopic (exact) mass is 287 g/mol. The third kappa shape index (κ3) is 4.63. The molecule has 19 heavy (non-hydrogen) atoms. The quantitative estimate of drug-likeness (QED) is 0.690. The van der Waals surface area contributed by atoms with Gasteiger partial charge in [-0.2, -0.15) is 0 Å². The van der Waals surface area contributed by atoms with E-state index in [1.165, 1.54) is 6.07 Å². The molecular formula is C11H14ClN3O4. The molecule has 0 aliphatic heterocycles. The van der Waals surface area contributed by atoms with Gasteiger partial charge >= 0.3 is 5.97 Å². The second kappa shape index (κ2) is 6.79. The van der Waals surface area contributed by atoms with Gasteiger partial charge in [0.05, 0.1) is 11.6 Å². The number of carbonyl (C=O) groups excluding carboxylic acids is 2. The highest BCUT2D eigenvalue weighted by Gasteiger charge is 2.13. The van der Waals surface area contributed by atoms with Crippen molar-refractivity contribution in [3.63, 3.8) is 0 Å². The van der Waals surface area contributed by atoms with Gasteiger partial charge in [-0.1, -0.05) is 11.6 Å². The van der Waals surface area contributed by atoms with Crippen LogP contribution in [-0.4, -0.2) is 40.5 Å². The third-order valence-electron chi connectivity index (χ3n) is 2.28. The lowest BCUT2D eigenvalue weighted by Gasteiger charge is -2.07. The summed E-state index contributed by atoms with van der Waals surface area (Å²) in [7, 11) is 0. The maximum absolute atomic E-state index is 11.8. The van der Waals surface area contributed by atoms with Crippen molar-refractivity contribution < 1.29 is 19.5 Å². The normalized spacial score (nSPS) is 10.0. The number of halogens is 1. The van der Waals surface area contributed by atoms with Crippen LogP contribution in [0.15, 0.2) is 12.3 Å². The second-order valence-corrected chi connectivity index (χ2v) is 4.12. The smallest absolute Gasteiger partial charge is 0.322 e. The number of amides is 2. The van der Waals surface area contributed by atoms with Gasteiger partial charge < -0.3 is 20.3 Å². The van der Waals surface area contributed by atoms with Gasteiger partial charge in [-0.25, -0.2) is 0 Å². The topological polar surface area (TPSA) is 100 Å². The van der Waals surface area contributed by atoms with Gasteiger partial charge in [0.1, 0.15) is 12.2 Å². The van der Waals surface area contributed by atoms with E-state index in [0.717, 1.165) is 0 Å². The van der Waals surface area contributed by atoms with Gasteiger partial charge in [0, 0.05) is 12.7 Å². The molecular weight excluding hydrogens is 274 g/mol. The molecule has 7 nitrogen and oxygen atoms in total. The zero-order valence-electron chi connectivity index (χ0n) is 10.3. The first-order valence-electron chi connectivity index (χ1n) is 5.56. The highest BCUT2D eigenvalue weighted by Crippen LogP contribution is 2.13. The zero-order valence-corrected chi connectivity index (χ0v) is 11.0. The lowest BCUT2D eigenvalue weighted by Crippen LogP contribution is -2.39. The predicted molar refractivity (Wildman–Crippen MR) is 68.1 cm³/mol. The first-order chi connectivity index (χ1) is 8.93. The van der Waals surface area contributed by atoms with Crippen LogP contribution in [0.1, 0.15) is 17.4 Å². The van der Waals surface area contributed by atoms with E-state index in [9.17, 15) is 14.4 Å². The number of hydrogen-bond acceptors (Lipinski definition) is 3. The molecule has 0 atom stereocenters. The fourth-order valence-electron chi connectivity index (χ4n) is 1.41. The van der Waals surface area contributed by atoms with Gasteiger partial charge in [-0.15, -0.1) is 0 Å². The molecule has 3 N–H and O–H groups in total. The Morgan fingerprint density at radius 1 is 1.32 bits per heavy atom. The minimum absolute atomic E-state index is 0.293. The third-order valence-corrected chi connectivity index (χ3v) is 2.49. The molecule has 104 valence electrons. The highest BCUT2D eigenvalue weighted by atomic mass is 35.5. The maximum Gasteiger partial charge on any atom is 0.322 e. The SMILES string of the molecule is CCn1cc(Cl)cc1C(=O)NCC(=O)NCC(=O)O. The number of nitrogens with zero attached hydrogens (tertiary/aromatic N) is 1. The number of aromatic nitrogens is 1. The Kier molecular flexibility index (Phi) is 5.37. The van der Waals surface area contributed by atoms with E-state index in [-0.39, 0.29) is 6.54 Å². The standard InChI is InChI=1S/C11H14ClN3O4/c1-2-15-6-7(12)3-8(15)11(19)14-4-9(16)13-5-10(17)18/h3,6H,2,4-5H2,1H3,(H,13,16)(H,14,19)(H,17,18). The van der Waals surface area contributed by atoms with Gasteiger partial charge in [-0.05, 0) is 13.0 Å². The zero-order chi connectivity index (χ0) is 14.4. The van der Waals surface area contributed by atoms with E-state index in [4.69, 9.17) is 16.7 Å². The second-order valence-electron chi connectivity index (χ2n) is 3.68. The summed E-state index contributed by atoms with van der Waals surface area (Å²) < 4.78 is 1.65. The van der Waals surface area contributed by atoms with Crippen LogP contribution in [0.25, 0.3) is 0 Å². The Bertz CT molecular complexity index is 498. The Labute approximate surface area is 114 Å². The molecule has 1 rings (SSSR count). The van der Waals surface area contributed by atoms with Crippen LogP contribution < -0.4 is 10.6 Å². The van der Waals surface area contributed by atoms with E-state index >= 15 is 0 Å². The summed E-state index contributed by atoms with van der Waals surface area (Å²) in [6, 6.07) is 1.50. The fourth-order valence-corrected chi connectivity index (χ4v) is 1.64. The Balaban J connectivity index is 2.51. The van der Waals surface area contributed by atoms with Crippen molar-refractivity contribution >= 4 is 29.4 Å². The van der Waals surface area contributed by atoms with Crippen molar-refractivity contribution in [2.75, 3.05) is 13.1 Å². The predicted octanol–water partition coefficient (Wildman–Crippen LogP) is 0.0920. The first-order valence-corrected chi connectivity index (χ1v) is 5.94. The lowest BCUT2D eigenvalue weighted by atomic mass is 10.4. The van der Waals surface area contributed by atoms with Crippen molar-refractivity contribution in [3.05, 3.63) is 23.0 Å². The molecule has 0 bridgehead atoms. The van der Waals surface area contributed by atoms with Gasteiger partial charge in [0.25, 0.3) is 5.91 Å². The molecule has 2 amide bonds. The Morgan fingerprint density at radius 2 is 2.00 bits per heavy atom. The van der Waals surface area contributed by atoms with Crippen molar-refractivity contribution in [1.29, 1.82) is 0 Å². The van der Waals surface area contributed by atoms with Gasteiger partial charge in [0.15, 0.2) is 0 Å². The molecule has 0 aliphatic carbocycles. The number of carboxylic acids is 1. The molecule has 1 aromatic heterocycles. The van der Waals surface area contributed by atoms with Crippen LogP contribution >= 0.6 is 11.6 Å². The molecule has 8 heteroatoms. The lowest BCUT2D eigenvalue weighted by molar-refractivity contribution is -0.137. The van der Waals surface area contributed by atoms with Crippen LogP contribution in [-0.2, 0) is 16.1 Å². The number of rotatable bonds is 6. The van der Waals surface area contributed by atoms with Crippen molar-refractivity contribution in [1.82, 2.24) is 15.2 Å².